The minimum absolute atomic E-state index is 0. The number of aliphatic hydroxyl groups is 2. The number of hydrogen-bond acceptors (Lipinski definition) is 20. The first-order valence-electron chi connectivity index (χ1n) is 30.5. The Hall–Kier alpha value is -6.49. The summed E-state index contributed by atoms with van der Waals surface area (Å²) in [5.41, 5.74) is 19.4. The van der Waals surface area contributed by atoms with Crippen molar-refractivity contribution in [1.29, 1.82) is 16.2 Å². The number of nitrogens with one attached hydrogen (secondary N) is 6. The summed E-state index contributed by atoms with van der Waals surface area (Å²) in [4.78, 5) is 86.0. The van der Waals surface area contributed by atoms with E-state index in [4.69, 9.17) is 62.2 Å². The number of nitrogens with zero attached hydrogens (tertiary/aromatic N) is 4. The summed E-state index contributed by atoms with van der Waals surface area (Å²) < 4.78 is 32.3. The number of carbonyl (C=O) groups excluding carboxylic acids is 4. The smallest absolute Gasteiger partial charge is 0.472 e. The second-order valence-corrected chi connectivity index (χ2v) is 28.4. The molecular weight excluding hydrogens is 1250 g/mol. The third kappa shape index (κ3) is 14.1. The Morgan fingerprint density at radius 3 is 2.02 bits per heavy atom. The SMILES string of the molecule is C.CC1=C2N=C(C=C3NC(=C(C)C4=N[C@@](C)([C@@H]5N=C1[C@](C)(CCC(=O)NC[C@@H](C)OP(=O)(O)O[C@H]1[C@@H](O)[C@@H]([n+]6c[nH]c7cc(C)c(C)cc76)O[C@@H]1CO)[C@H]5CC(N)=O)[C@@](C)(CC(N)=O)[C@@H]4CCC(=N)[O-])[C@@](C)(CC(N)=O)[C@@H]3CCC(=N)[O-])C(C)(C)[C@@H]2CCC(=N)[O-].[Co]. The van der Waals surface area contributed by atoms with Gasteiger partial charge >= 0.3 is 7.82 Å². The number of imidazole rings is 1. The number of amides is 4. The molecule has 29 heteroatoms. The Labute approximate surface area is 547 Å². The van der Waals surface area contributed by atoms with Crippen molar-refractivity contribution in [2.45, 2.75) is 196 Å². The van der Waals surface area contributed by atoms with Crippen LogP contribution in [0, 0.1) is 75.4 Å². The molecule has 92 heavy (non-hydrogen) atoms. The standard InChI is InChI=1S/C62H90N13O14P.CH4.Co/c1-29-20-39-40(21-30(29)2)75(28-70-39)57-52(84)53(41(27-76)87-57)89-90(85,86)88-31(3)26-69-49(83)18-19-59(8)37(22-46(66)80)56-62(11)61(10,25-48(68)82)36(14-17-45(65)79)51(74-62)33(5)55-60(9,24-47(67)81)34(12-15-43(63)77)38(71-55)23-42-58(6,7)35(13-16-44(64)78)50(72-42)32(4)54(59)73-56;;/h20-21,23,28,31,34-37,41,52-53,56-57,76,84H,12-19,22,24-27H2,1-11H3,(H15,63,64,65,66,67,68,69,71,72,73,74,77,78,79,80,81,82,83,85,86);1H4;/p-2/t31-,34-,35-,36-,37+,41-,52-,53-,56-,57+,59-,60+,61+,62+;;/m1../s1. The molecule has 4 amide bonds. The van der Waals surface area contributed by atoms with Crippen molar-refractivity contribution in [1.82, 2.24) is 15.6 Å². The predicted molar refractivity (Wildman–Crippen MR) is 335 cm³/mol. The number of nitrogens with two attached hydrogens (primary N) is 3. The van der Waals surface area contributed by atoms with Crippen molar-refractivity contribution in [2.75, 3.05) is 13.2 Å². The molecule has 0 aliphatic carbocycles. The summed E-state index contributed by atoms with van der Waals surface area (Å²) in [7, 11) is -5.07. The molecule has 8 bridgehead atoms. The number of primary amides is 3. The molecule has 15 N–H and O–H groups in total. The molecule has 7 heterocycles. The van der Waals surface area contributed by atoms with Crippen molar-refractivity contribution in [3.63, 3.8) is 0 Å². The van der Waals surface area contributed by atoms with Crippen LogP contribution in [0.2, 0.25) is 0 Å². The van der Waals surface area contributed by atoms with Crippen LogP contribution in [-0.4, -0.2) is 128 Å². The molecule has 1 aromatic heterocycles. The average molecular weight is 1350 g/mol. The van der Waals surface area contributed by atoms with E-state index in [2.05, 4.69) is 15.6 Å². The van der Waals surface area contributed by atoms with Crippen molar-refractivity contribution in [2.24, 2.45) is 77.5 Å². The predicted octanol–water partition coefficient (Wildman–Crippen LogP) is 2.77. The molecule has 6 aliphatic rings. The van der Waals surface area contributed by atoms with Gasteiger partial charge in [-0.2, -0.15) is 4.57 Å². The summed E-state index contributed by atoms with van der Waals surface area (Å²) in [5.74, 6) is -8.24. The summed E-state index contributed by atoms with van der Waals surface area (Å²) >= 11 is 0. The van der Waals surface area contributed by atoms with Crippen molar-refractivity contribution >= 4 is 77.3 Å². The zero-order valence-corrected chi connectivity index (χ0v) is 55.3. The number of allylic oxidation sites excluding steroid dienone is 6. The fourth-order valence-electron chi connectivity index (χ4n) is 15.5. The molecule has 1 unspecified atom stereocenters. The Kier molecular flexibility index (Phi) is 22.6. The number of phosphoric acid groups is 1. The number of aromatic nitrogens is 2. The second-order valence-electron chi connectivity index (χ2n) is 27.0. The van der Waals surface area contributed by atoms with E-state index in [1.54, 1.807) is 38.6 Å². The van der Waals surface area contributed by atoms with E-state index >= 15 is 0 Å². The normalized spacial score (nSPS) is 31.3. The molecular formula is C63H92CoN13O14P-2. The number of aromatic amines is 1. The van der Waals surface area contributed by atoms with Crippen LogP contribution in [-0.2, 0) is 54.3 Å². The van der Waals surface area contributed by atoms with E-state index in [1.807, 2.05) is 59.8 Å². The Bertz CT molecular complexity index is 3540. The van der Waals surface area contributed by atoms with Crippen molar-refractivity contribution in [3.8, 4) is 0 Å². The molecule has 8 rings (SSSR count). The fraction of sp³-hybridized carbons (Fsp3) is 0.635. The quantitative estimate of drug-likeness (QED) is 0.0279. The molecule has 1 radical (unpaired) electrons. The molecule has 0 spiro atoms. The number of rotatable bonds is 26. The first-order chi connectivity index (χ1) is 41.8. The number of aryl methyl sites for hydroxylation is 2. The van der Waals surface area contributed by atoms with Gasteiger partial charge in [-0.25, -0.2) is 9.55 Å². The van der Waals surface area contributed by atoms with Crippen molar-refractivity contribution in [3.05, 3.63) is 63.9 Å². The first-order valence-corrected chi connectivity index (χ1v) is 32.0. The van der Waals surface area contributed by atoms with Crippen LogP contribution >= 0.6 is 7.82 Å². The second kappa shape index (κ2) is 27.8. The zero-order valence-electron chi connectivity index (χ0n) is 53.4. The number of hydrogen-bond donors (Lipinski definition) is 12. The molecule has 2 saturated heterocycles. The van der Waals surface area contributed by atoms with Gasteiger partial charge < -0.3 is 79.2 Å². The number of fused-ring (bicyclic) bond motifs is 7. The molecule has 1 aromatic carbocycles. The Balaban J connectivity index is 0.00000672. The third-order valence-corrected chi connectivity index (χ3v) is 21.7. The summed E-state index contributed by atoms with van der Waals surface area (Å²) in [6.45, 7) is 19.0. The monoisotopic (exact) mass is 1340 g/mol. The van der Waals surface area contributed by atoms with Gasteiger partial charge in [-0.1, -0.05) is 42.0 Å². The largest absolute Gasteiger partial charge is 0.862 e. The molecule has 6 aliphatic heterocycles. The fourth-order valence-corrected chi connectivity index (χ4v) is 16.6. The molecule has 2 aromatic rings. The minimum Gasteiger partial charge on any atom is -0.862 e. The Morgan fingerprint density at radius 1 is 0.859 bits per heavy atom. The van der Waals surface area contributed by atoms with Crippen LogP contribution in [0.1, 0.15) is 158 Å². The van der Waals surface area contributed by atoms with Gasteiger partial charge in [0.25, 0.3) is 0 Å². The van der Waals surface area contributed by atoms with E-state index in [9.17, 15) is 54.2 Å². The maximum Gasteiger partial charge on any atom is 0.472 e. The van der Waals surface area contributed by atoms with E-state index in [1.165, 1.54) is 6.92 Å². The molecule has 0 saturated carbocycles. The van der Waals surface area contributed by atoms with Crippen LogP contribution < -0.4 is 47.7 Å². The minimum atomic E-state index is -5.07. The number of phosphoric ester groups is 1. The van der Waals surface area contributed by atoms with Crippen LogP contribution in [0.5, 0.6) is 0 Å². The van der Waals surface area contributed by atoms with E-state index in [0.29, 0.717) is 50.9 Å². The third-order valence-electron chi connectivity index (χ3n) is 20.6. The molecule has 509 valence electrons. The molecule has 2 fully saturated rings. The number of ether oxygens (including phenoxy) is 1. The van der Waals surface area contributed by atoms with Gasteiger partial charge in [0.15, 0.2) is 11.0 Å². The van der Waals surface area contributed by atoms with Crippen LogP contribution in [0.3, 0.4) is 0 Å². The van der Waals surface area contributed by atoms with Gasteiger partial charge in [0.05, 0.1) is 24.3 Å². The summed E-state index contributed by atoms with van der Waals surface area (Å²) in [6.07, 6.45) is -4.86. The number of carbonyl (C=O) groups is 4. The average Bonchev–Trinajstić information content (AvgIpc) is 1.53. The van der Waals surface area contributed by atoms with Crippen LogP contribution in [0.15, 0.2) is 67.8 Å². The number of aliphatic hydroxyl groups excluding tert-OH is 2. The van der Waals surface area contributed by atoms with Crippen molar-refractivity contribution < 1.29 is 89.3 Å². The zero-order chi connectivity index (χ0) is 66.7. The van der Waals surface area contributed by atoms with Gasteiger partial charge in [0.1, 0.15) is 18.3 Å². The van der Waals surface area contributed by atoms with Gasteiger partial charge in [-0.15, -0.1) is 0 Å². The van der Waals surface area contributed by atoms with E-state index in [0.717, 1.165) is 16.6 Å². The number of benzene rings is 1. The van der Waals surface area contributed by atoms with Gasteiger partial charge in [0, 0.05) is 129 Å². The van der Waals surface area contributed by atoms with E-state index < -0.39 is 143 Å². The molecule has 27 nitrogen and oxygen atoms in total. The number of aliphatic imine (C=N–C) groups is 3. The van der Waals surface area contributed by atoms with Gasteiger partial charge in [-0.3, -0.25) is 43.2 Å². The molecule has 15 atom stereocenters. The maximum atomic E-state index is 14.4. The summed E-state index contributed by atoms with van der Waals surface area (Å²) in [5, 5.41) is 90.2. The van der Waals surface area contributed by atoms with E-state index in [-0.39, 0.29) is 101 Å². The van der Waals surface area contributed by atoms with Gasteiger partial charge in [0.2, 0.25) is 36.2 Å². The van der Waals surface area contributed by atoms with Crippen LogP contribution in [0.25, 0.3) is 11.0 Å². The topological polar surface area (TPSA) is 473 Å². The van der Waals surface area contributed by atoms with Gasteiger partial charge in [-0.05, 0) is 145 Å². The van der Waals surface area contributed by atoms with Crippen LogP contribution in [0.4, 0.5) is 0 Å². The Morgan fingerprint density at radius 2 is 1.45 bits per heavy atom. The maximum absolute atomic E-state index is 14.4. The summed E-state index contributed by atoms with van der Waals surface area (Å²) in [6, 6.07) is 2.74. The first kappa shape index (κ1) is 74.5. The number of H-pyrrole nitrogens is 1.